The summed E-state index contributed by atoms with van der Waals surface area (Å²) < 4.78 is 26.0. The second-order valence-electron chi connectivity index (χ2n) is 4.74. The van der Waals surface area contributed by atoms with Crippen LogP contribution in [0.25, 0.3) is 0 Å². The van der Waals surface area contributed by atoms with E-state index in [1.807, 2.05) is 6.92 Å². The van der Waals surface area contributed by atoms with E-state index in [-0.39, 0.29) is 5.25 Å². The molecule has 1 aliphatic heterocycles. The van der Waals surface area contributed by atoms with Crippen molar-refractivity contribution in [2.75, 3.05) is 26.2 Å². The molecule has 1 N–H and O–H groups in total. The van der Waals surface area contributed by atoms with Gasteiger partial charge in [-0.05, 0) is 32.2 Å². The molecular formula is C11H24N2O2S. The average molecular weight is 248 g/mol. The first kappa shape index (κ1) is 13.9. The van der Waals surface area contributed by atoms with Crippen LogP contribution in [-0.4, -0.2) is 44.2 Å². The molecular weight excluding hydrogens is 224 g/mol. The van der Waals surface area contributed by atoms with Crippen LogP contribution in [0.4, 0.5) is 0 Å². The lowest BCUT2D eigenvalue weighted by Crippen LogP contribution is -2.45. The zero-order valence-electron chi connectivity index (χ0n) is 10.6. The lowest BCUT2D eigenvalue weighted by molar-refractivity contribution is 0.285. The highest BCUT2D eigenvalue weighted by Gasteiger charge is 2.30. The largest absolute Gasteiger partial charge is 0.316 e. The van der Waals surface area contributed by atoms with E-state index >= 15 is 0 Å². The van der Waals surface area contributed by atoms with Gasteiger partial charge >= 0.3 is 0 Å². The fraction of sp³-hybridized carbons (Fsp3) is 1.00. The lowest BCUT2D eigenvalue weighted by atomic mass is 10.0. The summed E-state index contributed by atoms with van der Waals surface area (Å²) in [6, 6.07) is 0. The minimum absolute atomic E-state index is 0.319. The molecule has 1 fully saturated rings. The third-order valence-corrected chi connectivity index (χ3v) is 5.56. The first-order valence-electron chi connectivity index (χ1n) is 6.18. The molecule has 0 bridgehead atoms. The van der Waals surface area contributed by atoms with Crippen LogP contribution in [0, 0.1) is 5.92 Å². The van der Waals surface area contributed by atoms with Crippen molar-refractivity contribution in [3.63, 3.8) is 0 Å². The normalized spacial score (nSPS) is 22.2. The van der Waals surface area contributed by atoms with Crippen molar-refractivity contribution < 1.29 is 8.42 Å². The van der Waals surface area contributed by atoms with Crippen molar-refractivity contribution >= 4 is 10.0 Å². The number of hydrogen-bond donors (Lipinski definition) is 1. The summed E-state index contributed by atoms with van der Waals surface area (Å²) in [4.78, 5) is 0. The van der Waals surface area contributed by atoms with E-state index in [0.717, 1.165) is 19.4 Å². The molecule has 0 aromatic carbocycles. The van der Waals surface area contributed by atoms with E-state index in [0.29, 0.717) is 25.6 Å². The fourth-order valence-electron chi connectivity index (χ4n) is 1.95. The Hall–Kier alpha value is -0.130. The summed E-state index contributed by atoms with van der Waals surface area (Å²) in [6.07, 6.45) is 1.99. The second-order valence-corrected chi connectivity index (χ2v) is 7.10. The molecule has 1 rings (SSSR count). The summed E-state index contributed by atoms with van der Waals surface area (Å²) in [5.74, 6) is 0.663. The van der Waals surface area contributed by atoms with E-state index in [1.165, 1.54) is 0 Å². The van der Waals surface area contributed by atoms with Crippen LogP contribution in [0.1, 0.15) is 33.6 Å². The van der Waals surface area contributed by atoms with Crippen LogP contribution in [0.2, 0.25) is 0 Å². The monoisotopic (exact) mass is 248 g/mol. The van der Waals surface area contributed by atoms with Gasteiger partial charge in [0.1, 0.15) is 0 Å². The first-order valence-corrected chi connectivity index (χ1v) is 7.68. The Bertz CT molecular complexity index is 295. The zero-order chi connectivity index (χ0) is 12.2. The van der Waals surface area contributed by atoms with Crippen molar-refractivity contribution in [3.8, 4) is 0 Å². The molecule has 1 saturated heterocycles. The number of nitrogens with zero attached hydrogens (tertiary/aromatic N) is 1. The smallest absolute Gasteiger partial charge is 0.217 e. The molecule has 1 unspecified atom stereocenters. The van der Waals surface area contributed by atoms with Gasteiger partial charge in [0, 0.05) is 19.6 Å². The van der Waals surface area contributed by atoms with Crippen LogP contribution in [0.5, 0.6) is 0 Å². The van der Waals surface area contributed by atoms with Crippen LogP contribution in [0.3, 0.4) is 0 Å². The maximum atomic E-state index is 12.2. The minimum atomic E-state index is -3.09. The Balaban J connectivity index is 2.56. The van der Waals surface area contributed by atoms with Crippen LogP contribution < -0.4 is 5.32 Å². The zero-order valence-corrected chi connectivity index (χ0v) is 11.4. The molecule has 0 aromatic rings. The maximum Gasteiger partial charge on any atom is 0.217 e. The Morgan fingerprint density at radius 1 is 1.38 bits per heavy atom. The quantitative estimate of drug-likeness (QED) is 0.791. The summed E-state index contributed by atoms with van der Waals surface area (Å²) in [6.45, 7) is 8.71. The predicted octanol–water partition coefficient (Wildman–Crippen LogP) is 1.05. The van der Waals surface area contributed by atoms with Gasteiger partial charge in [0.15, 0.2) is 0 Å². The number of piperidine rings is 1. The highest BCUT2D eigenvalue weighted by atomic mass is 32.2. The van der Waals surface area contributed by atoms with Gasteiger partial charge in [0.05, 0.1) is 5.25 Å². The van der Waals surface area contributed by atoms with Gasteiger partial charge in [-0.25, -0.2) is 12.7 Å². The van der Waals surface area contributed by atoms with Gasteiger partial charge in [-0.15, -0.1) is 0 Å². The Kier molecular flexibility index (Phi) is 5.21. The highest BCUT2D eigenvalue weighted by Crippen LogP contribution is 2.20. The number of nitrogens with one attached hydrogen (secondary N) is 1. The lowest BCUT2D eigenvalue weighted by Gasteiger charge is -2.31. The van der Waals surface area contributed by atoms with E-state index in [9.17, 15) is 8.42 Å². The molecule has 1 atom stereocenters. The number of hydrogen-bond acceptors (Lipinski definition) is 3. The summed E-state index contributed by atoms with van der Waals surface area (Å²) in [7, 11) is -3.09. The van der Waals surface area contributed by atoms with Gasteiger partial charge in [-0.3, -0.25) is 0 Å². The Labute approximate surface area is 99.5 Å². The highest BCUT2D eigenvalue weighted by molar-refractivity contribution is 7.89. The summed E-state index contributed by atoms with van der Waals surface area (Å²) in [5.41, 5.74) is 0. The molecule has 96 valence electrons. The first-order chi connectivity index (χ1) is 7.48. The predicted molar refractivity (Wildman–Crippen MR) is 66.9 cm³/mol. The van der Waals surface area contributed by atoms with Crippen molar-refractivity contribution in [2.45, 2.75) is 38.9 Å². The standard InChI is InChI=1S/C11H24N2O2S/c1-4-12-9-11(3)16(14,15)13-7-5-10(2)6-8-13/h10-12H,4-9H2,1-3H3. The van der Waals surface area contributed by atoms with Crippen LogP contribution >= 0.6 is 0 Å². The van der Waals surface area contributed by atoms with Crippen molar-refractivity contribution in [1.82, 2.24) is 9.62 Å². The van der Waals surface area contributed by atoms with Crippen molar-refractivity contribution in [2.24, 2.45) is 5.92 Å². The average Bonchev–Trinajstić information content (AvgIpc) is 2.26. The van der Waals surface area contributed by atoms with Gasteiger partial charge in [-0.2, -0.15) is 0 Å². The molecule has 0 spiro atoms. The third-order valence-electron chi connectivity index (χ3n) is 3.29. The Morgan fingerprint density at radius 3 is 2.44 bits per heavy atom. The van der Waals surface area contributed by atoms with Gasteiger partial charge in [-0.1, -0.05) is 13.8 Å². The molecule has 0 aliphatic carbocycles. The molecule has 0 amide bonds. The molecule has 0 saturated carbocycles. The Morgan fingerprint density at radius 2 is 1.94 bits per heavy atom. The van der Waals surface area contributed by atoms with Crippen LogP contribution in [-0.2, 0) is 10.0 Å². The van der Waals surface area contributed by atoms with E-state index in [4.69, 9.17) is 0 Å². The fourth-order valence-corrected chi connectivity index (χ4v) is 3.50. The van der Waals surface area contributed by atoms with E-state index in [2.05, 4.69) is 12.2 Å². The molecule has 5 heteroatoms. The van der Waals surface area contributed by atoms with E-state index in [1.54, 1.807) is 11.2 Å². The minimum Gasteiger partial charge on any atom is -0.316 e. The second kappa shape index (κ2) is 5.98. The van der Waals surface area contributed by atoms with Crippen LogP contribution in [0.15, 0.2) is 0 Å². The number of rotatable bonds is 5. The van der Waals surface area contributed by atoms with Gasteiger partial charge in [0.2, 0.25) is 10.0 Å². The summed E-state index contributed by atoms with van der Waals surface area (Å²) in [5, 5.41) is 2.78. The topological polar surface area (TPSA) is 49.4 Å². The maximum absolute atomic E-state index is 12.2. The molecule has 4 nitrogen and oxygen atoms in total. The molecule has 1 heterocycles. The number of sulfonamides is 1. The summed E-state index contributed by atoms with van der Waals surface area (Å²) >= 11 is 0. The van der Waals surface area contributed by atoms with E-state index < -0.39 is 10.0 Å². The molecule has 16 heavy (non-hydrogen) atoms. The van der Waals surface area contributed by atoms with Crippen molar-refractivity contribution in [3.05, 3.63) is 0 Å². The van der Waals surface area contributed by atoms with Crippen molar-refractivity contribution in [1.29, 1.82) is 0 Å². The molecule has 0 radical (unpaired) electrons. The molecule has 0 aromatic heterocycles. The SMILES string of the molecule is CCNCC(C)S(=O)(=O)N1CCC(C)CC1. The van der Waals surface area contributed by atoms with Gasteiger partial charge in [0.25, 0.3) is 0 Å². The third kappa shape index (κ3) is 3.43. The van der Waals surface area contributed by atoms with Gasteiger partial charge < -0.3 is 5.32 Å². The molecule has 1 aliphatic rings.